The van der Waals surface area contributed by atoms with Gasteiger partial charge in [-0.25, -0.2) is 4.79 Å². The van der Waals surface area contributed by atoms with Gasteiger partial charge >= 0.3 is 6.03 Å². The minimum atomic E-state index is -0.319. The van der Waals surface area contributed by atoms with Gasteiger partial charge in [0.25, 0.3) is 5.84 Å². The van der Waals surface area contributed by atoms with Crippen molar-refractivity contribution in [2.45, 2.75) is 25.7 Å². The van der Waals surface area contributed by atoms with Crippen molar-refractivity contribution < 1.29 is 9.79 Å². The van der Waals surface area contributed by atoms with Crippen LogP contribution < -0.4 is 21.2 Å². The lowest BCUT2D eigenvalue weighted by Crippen LogP contribution is -2.77. The lowest BCUT2D eigenvalue weighted by atomic mass is 10.2. The normalized spacial score (nSPS) is 15.1. The van der Waals surface area contributed by atoms with Crippen LogP contribution in [0.4, 0.5) is 10.5 Å². The Kier molecular flexibility index (Phi) is 5.03. The Morgan fingerprint density at radius 3 is 3.00 bits per heavy atom. The molecule has 0 bridgehead atoms. The third-order valence-electron chi connectivity index (χ3n) is 2.85. The van der Waals surface area contributed by atoms with Gasteiger partial charge in [-0.2, -0.15) is 10.9 Å². The summed E-state index contributed by atoms with van der Waals surface area (Å²) in [6.45, 7) is 0.944. The second-order valence-corrected chi connectivity index (χ2v) is 4.87. The van der Waals surface area contributed by atoms with Crippen molar-refractivity contribution in [3.63, 3.8) is 0 Å². The third-order valence-corrected chi connectivity index (χ3v) is 3.09. The zero-order valence-corrected chi connectivity index (χ0v) is 11.4. The molecule has 6 heteroatoms. The molecule has 1 heterocycles. The standard InChI is InChI=1S/C13H17ClN4O/c14-10-5-4-6-11(9-10)16-13(19)18-17-12-7-2-1-3-8-15-12/h4-6,9H,1-3,7-8H2,(H,15,17)(H2,16,18,19)/p+1. The second kappa shape index (κ2) is 6.99. The molecule has 5 nitrogen and oxygen atoms in total. The van der Waals surface area contributed by atoms with E-state index in [2.05, 4.69) is 21.2 Å². The highest BCUT2D eigenvalue weighted by atomic mass is 35.5. The number of carbonyl (C=O) groups excluding carboxylic acids is 1. The van der Waals surface area contributed by atoms with E-state index in [9.17, 15) is 4.79 Å². The molecule has 4 N–H and O–H groups in total. The van der Waals surface area contributed by atoms with Gasteiger partial charge in [-0.3, -0.25) is 4.99 Å². The van der Waals surface area contributed by atoms with Crippen LogP contribution in [0, 0.1) is 0 Å². The SMILES string of the molecule is O=C(NNC1=[NH+]CCCCC1)Nc1cccc(Cl)c1. The first-order valence-electron chi connectivity index (χ1n) is 6.42. The Morgan fingerprint density at radius 1 is 1.26 bits per heavy atom. The summed E-state index contributed by atoms with van der Waals surface area (Å²) in [5.41, 5.74) is 6.17. The summed E-state index contributed by atoms with van der Waals surface area (Å²) in [7, 11) is 0. The molecule has 0 radical (unpaired) electrons. The number of nitrogens with one attached hydrogen (secondary N) is 4. The van der Waals surface area contributed by atoms with E-state index in [1.54, 1.807) is 24.3 Å². The predicted octanol–water partition coefficient (Wildman–Crippen LogP) is 1.02. The quantitative estimate of drug-likeness (QED) is 0.581. The number of hydrogen-bond acceptors (Lipinski definition) is 2. The maximum absolute atomic E-state index is 11.7. The highest BCUT2D eigenvalue weighted by Crippen LogP contribution is 2.14. The van der Waals surface area contributed by atoms with Crippen molar-refractivity contribution in [2.24, 2.45) is 0 Å². The molecular formula is C13H18ClN4O+. The summed E-state index contributed by atoms with van der Waals surface area (Å²) < 4.78 is 0. The van der Waals surface area contributed by atoms with Crippen LogP contribution in [0.2, 0.25) is 5.02 Å². The smallest absolute Gasteiger partial charge is 0.305 e. The number of urea groups is 1. The van der Waals surface area contributed by atoms with Crippen LogP contribution in [-0.4, -0.2) is 18.4 Å². The van der Waals surface area contributed by atoms with E-state index in [4.69, 9.17) is 11.6 Å². The van der Waals surface area contributed by atoms with Crippen LogP contribution in [0.5, 0.6) is 0 Å². The molecule has 0 saturated heterocycles. The van der Waals surface area contributed by atoms with Crippen LogP contribution in [0.1, 0.15) is 25.7 Å². The molecule has 2 amide bonds. The first-order chi connectivity index (χ1) is 9.24. The van der Waals surface area contributed by atoms with Crippen molar-refractivity contribution in [1.29, 1.82) is 0 Å². The lowest BCUT2D eigenvalue weighted by Gasteiger charge is -2.06. The molecule has 0 spiro atoms. The van der Waals surface area contributed by atoms with E-state index >= 15 is 0 Å². The molecule has 19 heavy (non-hydrogen) atoms. The van der Waals surface area contributed by atoms with Crippen LogP contribution in [0.15, 0.2) is 24.3 Å². The number of carbonyl (C=O) groups is 1. The van der Waals surface area contributed by atoms with Crippen LogP contribution in [0.3, 0.4) is 0 Å². The monoisotopic (exact) mass is 281 g/mol. The first kappa shape index (κ1) is 13.7. The summed E-state index contributed by atoms with van der Waals surface area (Å²) in [6.07, 6.45) is 4.44. The number of amides is 2. The molecule has 1 aromatic carbocycles. The van der Waals surface area contributed by atoms with Crippen molar-refractivity contribution >= 4 is 29.2 Å². The average Bonchev–Trinajstić information content (AvgIpc) is 2.65. The molecule has 0 atom stereocenters. The summed E-state index contributed by atoms with van der Waals surface area (Å²) in [6, 6.07) is 6.70. The molecule has 2 rings (SSSR count). The van der Waals surface area contributed by atoms with Gasteiger partial charge in [0.1, 0.15) is 0 Å². The second-order valence-electron chi connectivity index (χ2n) is 4.43. The van der Waals surface area contributed by atoms with Gasteiger partial charge in [0.05, 0.1) is 13.0 Å². The molecule has 1 aliphatic rings. The van der Waals surface area contributed by atoms with Gasteiger partial charge in [0.15, 0.2) is 0 Å². The molecule has 0 aromatic heterocycles. The lowest BCUT2D eigenvalue weighted by molar-refractivity contribution is -0.460. The molecule has 102 valence electrons. The van der Waals surface area contributed by atoms with Crippen molar-refractivity contribution in [1.82, 2.24) is 10.9 Å². The van der Waals surface area contributed by atoms with E-state index in [0.717, 1.165) is 25.2 Å². The average molecular weight is 282 g/mol. The minimum Gasteiger partial charge on any atom is -0.305 e. The van der Waals surface area contributed by atoms with Gasteiger partial charge in [-0.1, -0.05) is 17.7 Å². The Balaban J connectivity index is 1.79. The van der Waals surface area contributed by atoms with E-state index in [1.165, 1.54) is 12.8 Å². The molecule has 0 unspecified atom stereocenters. The predicted molar refractivity (Wildman–Crippen MR) is 76.0 cm³/mol. The van der Waals surface area contributed by atoms with Crippen molar-refractivity contribution in [3.05, 3.63) is 29.3 Å². The van der Waals surface area contributed by atoms with Gasteiger partial charge in [-0.05, 0) is 37.5 Å². The number of anilines is 1. The third kappa shape index (κ3) is 4.79. The molecule has 0 aliphatic carbocycles. The molecule has 0 saturated carbocycles. The van der Waals surface area contributed by atoms with Gasteiger partial charge < -0.3 is 5.32 Å². The van der Waals surface area contributed by atoms with Crippen LogP contribution >= 0.6 is 11.6 Å². The van der Waals surface area contributed by atoms with Gasteiger partial charge in [0.2, 0.25) is 0 Å². The fourth-order valence-corrected chi connectivity index (χ4v) is 2.09. The van der Waals surface area contributed by atoms with E-state index in [-0.39, 0.29) is 6.03 Å². The summed E-state index contributed by atoms with van der Waals surface area (Å²) in [4.78, 5) is 14.9. The fourth-order valence-electron chi connectivity index (χ4n) is 1.90. The number of rotatable bonds is 1. The van der Waals surface area contributed by atoms with E-state index in [0.29, 0.717) is 10.7 Å². The molecule has 1 aliphatic heterocycles. The summed E-state index contributed by atoms with van der Waals surface area (Å²) >= 11 is 5.84. The maximum atomic E-state index is 11.7. The van der Waals surface area contributed by atoms with E-state index in [1.807, 2.05) is 0 Å². The van der Waals surface area contributed by atoms with Gasteiger partial charge in [-0.15, -0.1) is 0 Å². The molecule has 0 fully saturated rings. The minimum absolute atomic E-state index is 0.319. The number of hydrazine groups is 1. The largest absolute Gasteiger partial charge is 0.354 e. The number of hydrogen-bond donors (Lipinski definition) is 4. The van der Waals surface area contributed by atoms with E-state index < -0.39 is 0 Å². The number of benzene rings is 1. The molecule has 1 aromatic rings. The first-order valence-corrected chi connectivity index (χ1v) is 6.80. The Bertz CT molecular complexity index is 475. The molecular weight excluding hydrogens is 264 g/mol. The summed E-state index contributed by atoms with van der Waals surface area (Å²) in [5.74, 6) is 0.957. The highest BCUT2D eigenvalue weighted by molar-refractivity contribution is 6.30. The highest BCUT2D eigenvalue weighted by Gasteiger charge is 2.11. The Labute approximate surface area is 117 Å². The zero-order chi connectivity index (χ0) is 13.5. The number of halogens is 1. The zero-order valence-electron chi connectivity index (χ0n) is 10.6. The fraction of sp³-hybridized carbons (Fsp3) is 0.385. The van der Waals surface area contributed by atoms with Crippen molar-refractivity contribution in [2.75, 3.05) is 11.9 Å². The van der Waals surface area contributed by atoms with Crippen LogP contribution in [-0.2, 0) is 0 Å². The summed E-state index contributed by atoms with van der Waals surface area (Å²) in [5, 5.41) is 3.29. The number of amidine groups is 1. The Morgan fingerprint density at radius 2 is 2.16 bits per heavy atom. The Hall–Kier alpha value is -1.75. The topological polar surface area (TPSA) is 67.1 Å². The van der Waals surface area contributed by atoms with Gasteiger partial charge in [0, 0.05) is 10.7 Å². The van der Waals surface area contributed by atoms with Crippen LogP contribution in [0.25, 0.3) is 0 Å². The van der Waals surface area contributed by atoms with Crippen molar-refractivity contribution in [3.8, 4) is 0 Å². The maximum Gasteiger partial charge on any atom is 0.354 e.